The Hall–Kier alpha value is -2.38. The Morgan fingerprint density at radius 1 is 1.29 bits per heavy atom. The van der Waals surface area contributed by atoms with E-state index in [0.29, 0.717) is 12.8 Å². The van der Waals surface area contributed by atoms with Crippen LogP contribution in [0.3, 0.4) is 0 Å². The van der Waals surface area contributed by atoms with Gasteiger partial charge >= 0.3 is 12.6 Å². The van der Waals surface area contributed by atoms with Crippen LogP contribution in [0.2, 0.25) is 0 Å². The Labute approximate surface area is 137 Å². The van der Waals surface area contributed by atoms with Crippen LogP contribution in [0.4, 0.5) is 8.78 Å². The number of alkyl halides is 2. The van der Waals surface area contributed by atoms with Crippen molar-refractivity contribution in [2.75, 3.05) is 7.11 Å². The van der Waals surface area contributed by atoms with Gasteiger partial charge in [-0.1, -0.05) is 12.8 Å². The SMILES string of the molecule is COc1ccc(C(=O)NC2(CC(=O)O)CCCC2)cc1OC(F)F. The van der Waals surface area contributed by atoms with Gasteiger partial charge in [0.15, 0.2) is 11.5 Å². The Bertz CT molecular complexity index is 614. The fraction of sp³-hybridized carbons (Fsp3) is 0.500. The molecule has 1 aliphatic rings. The second-order valence-electron chi connectivity index (χ2n) is 5.76. The average Bonchev–Trinajstić information content (AvgIpc) is 2.93. The summed E-state index contributed by atoms with van der Waals surface area (Å²) in [6, 6.07) is 3.92. The standard InChI is InChI=1S/C16H19F2NO5/c1-23-11-5-4-10(8-12(11)24-15(17)18)14(22)19-16(9-13(20)21)6-2-3-7-16/h4-5,8,15H,2-3,6-7,9H2,1H3,(H,19,22)(H,20,21). The predicted molar refractivity (Wildman–Crippen MR) is 80.5 cm³/mol. The van der Waals surface area contributed by atoms with Crippen LogP contribution in [0.5, 0.6) is 11.5 Å². The number of carboxylic acid groups (broad SMARTS) is 1. The van der Waals surface area contributed by atoms with Crippen molar-refractivity contribution in [2.24, 2.45) is 0 Å². The molecular formula is C16H19F2NO5. The molecule has 0 aromatic heterocycles. The van der Waals surface area contributed by atoms with Gasteiger partial charge in [0.25, 0.3) is 5.91 Å². The van der Waals surface area contributed by atoms with Gasteiger partial charge in [0, 0.05) is 5.56 Å². The number of aliphatic carboxylic acids is 1. The maximum Gasteiger partial charge on any atom is 0.387 e. The van der Waals surface area contributed by atoms with E-state index < -0.39 is 24.0 Å². The highest BCUT2D eigenvalue weighted by Gasteiger charge is 2.37. The van der Waals surface area contributed by atoms with E-state index in [1.54, 1.807) is 0 Å². The van der Waals surface area contributed by atoms with Gasteiger partial charge in [0.05, 0.1) is 19.1 Å². The van der Waals surface area contributed by atoms with Crippen LogP contribution in [0.25, 0.3) is 0 Å². The van der Waals surface area contributed by atoms with Gasteiger partial charge in [-0.3, -0.25) is 9.59 Å². The largest absolute Gasteiger partial charge is 0.493 e. The van der Waals surface area contributed by atoms with Crippen molar-refractivity contribution in [2.45, 2.75) is 44.3 Å². The number of nitrogens with one attached hydrogen (secondary N) is 1. The zero-order valence-electron chi connectivity index (χ0n) is 13.2. The second-order valence-corrected chi connectivity index (χ2v) is 5.76. The number of halogens is 2. The number of ether oxygens (including phenoxy) is 2. The quantitative estimate of drug-likeness (QED) is 0.795. The minimum atomic E-state index is -3.05. The van der Waals surface area contributed by atoms with E-state index >= 15 is 0 Å². The van der Waals surface area contributed by atoms with Crippen molar-refractivity contribution in [1.82, 2.24) is 5.32 Å². The molecule has 0 radical (unpaired) electrons. The molecule has 1 saturated carbocycles. The Kier molecular flexibility index (Phi) is 5.58. The van der Waals surface area contributed by atoms with Crippen molar-refractivity contribution in [1.29, 1.82) is 0 Å². The number of carbonyl (C=O) groups is 2. The second kappa shape index (κ2) is 7.46. The first-order valence-electron chi connectivity index (χ1n) is 7.52. The minimum absolute atomic E-state index is 0.0768. The number of amides is 1. The number of hydrogen-bond acceptors (Lipinski definition) is 4. The summed E-state index contributed by atoms with van der Waals surface area (Å²) < 4.78 is 34.2. The predicted octanol–water partition coefficient (Wildman–Crippen LogP) is 2.81. The van der Waals surface area contributed by atoms with Gasteiger partial charge in [-0.25, -0.2) is 0 Å². The molecule has 1 aliphatic carbocycles. The fourth-order valence-corrected chi connectivity index (χ4v) is 3.01. The first-order chi connectivity index (χ1) is 11.3. The maximum atomic E-state index is 12.5. The molecule has 0 heterocycles. The van der Waals surface area contributed by atoms with Crippen LogP contribution in [0.15, 0.2) is 18.2 Å². The number of methoxy groups -OCH3 is 1. The summed E-state index contributed by atoms with van der Waals surface area (Å²) in [6.07, 6.45) is 2.63. The van der Waals surface area contributed by atoms with E-state index in [0.717, 1.165) is 18.9 Å². The molecule has 0 atom stereocenters. The van der Waals surface area contributed by atoms with Crippen LogP contribution in [0, 0.1) is 0 Å². The van der Waals surface area contributed by atoms with Crippen LogP contribution < -0.4 is 14.8 Å². The summed E-state index contributed by atoms with van der Waals surface area (Å²) >= 11 is 0. The lowest BCUT2D eigenvalue weighted by Gasteiger charge is -2.28. The zero-order valence-corrected chi connectivity index (χ0v) is 13.2. The van der Waals surface area contributed by atoms with Gasteiger partial charge < -0.3 is 19.9 Å². The molecular weight excluding hydrogens is 324 g/mol. The van der Waals surface area contributed by atoms with E-state index in [-0.39, 0.29) is 23.5 Å². The molecule has 132 valence electrons. The van der Waals surface area contributed by atoms with E-state index in [9.17, 15) is 18.4 Å². The summed E-state index contributed by atoms with van der Waals surface area (Å²) in [7, 11) is 1.30. The van der Waals surface area contributed by atoms with E-state index in [2.05, 4.69) is 10.1 Å². The fourth-order valence-electron chi connectivity index (χ4n) is 3.01. The van der Waals surface area contributed by atoms with Crippen LogP contribution in [0.1, 0.15) is 42.5 Å². The van der Waals surface area contributed by atoms with E-state index in [1.165, 1.54) is 19.2 Å². The number of benzene rings is 1. The smallest absolute Gasteiger partial charge is 0.387 e. The first-order valence-corrected chi connectivity index (χ1v) is 7.52. The van der Waals surface area contributed by atoms with E-state index in [4.69, 9.17) is 9.84 Å². The third-order valence-electron chi connectivity index (χ3n) is 4.07. The molecule has 1 amide bonds. The summed E-state index contributed by atoms with van der Waals surface area (Å²) in [4.78, 5) is 23.5. The maximum absolute atomic E-state index is 12.5. The third-order valence-corrected chi connectivity index (χ3v) is 4.07. The molecule has 2 N–H and O–H groups in total. The van der Waals surface area contributed by atoms with Crippen LogP contribution in [-0.4, -0.2) is 36.2 Å². The van der Waals surface area contributed by atoms with Gasteiger partial charge in [-0.05, 0) is 31.0 Å². The number of rotatable bonds is 7. The highest BCUT2D eigenvalue weighted by atomic mass is 19.3. The monoisotopic (exact) mass is 343 g/mol. The zero-order chi connectivity index (χ0) is 17.7. The molecule has 1 aromatic rings. The van der Waals surface area contributed by atoms with Gasteiger partial charge in [0.2, 0.25) is 0 Å². The average molecular weight is 343 g/mol. The summed E-state index contributed by atoms with van der Waals surface area (Å²) in [5.41, 5.74) is -0.699. The molecule has 8 heteroatoms. The van der Waals surface area contributed by atoms with Crippen molar-refractivity contribution in [3.63, 3.8) is 0 Å². The summed E-state index contributed by atoms with van der Waals surface area (Å²) in [5, 5.41) is 11.8. The minimum Gasteiger partial charge on any atom is -0.493 e. The van der Waals surface area contributed by atoms with Crippen molar-refractivity contribution < 1.29 is 33.0 Å². The van der Waals surface area contributed by atoms with Gasteiger partial charge in [-0.15, -0.1) is 0 Å². The van der Waals surface area contributed by atoms with Crippen molar-refractivity contribution in [3.8, 4) is 11.5 Å². The molecule has 2 rings (SSSR count). The molecule has 0 aliphatic heterocycles. The molecule has 24 heavy (non-hydrogen) atoms. The summed E-state index contributed by atoms with van der Waals surface area (Å²) in [6.45, 7) is -3.05. The molecule has 0 spiro atoms. The Morgan fingerprint density at radius 2 is 1.96 bits per heavy atom. The lowest BCUT2D eigenvalue weighted by Crippen LogP contribution is -2.47. The molecule has 1 aromatic carbocycles. The highest BCUT2D eigenvalue weighted by molar-refractivity contribution is 5.95. The highest BCUT2D eigenvalue weighted by Crippen LogP contribution is 2.34. The summed E-state index contributed by atoms with van der Waals surface area (Å²) in [5.74, 6) is -1.69. The van der Waals surface area contributed by atoms with Crippen molar-refractivity contribution in [3.05, 3.63) is 23.8 Å². The van der Waals surface area contributed by atoms with Crippen molar-refractivity contribution >= 4 is 11.9 Å². The lowest BCUT2D eigenvalue weighted by molar-refractivity contribution is -0.138. The van der Waals surface area contributed by atoms with Crippen LogP contribution >= 0.6 is 0 Å². The Morgan fingerprint density at radius 3 is 2.50 bits per heavy atom. The molecule has 0 saturated heterocycles. The molecule has 1 fully saturated rings. The molecule has 0 bridgehead atoms. The Balaban J connectivity index is 2.20. The third kappa shape index (κ3) is 4.33. The van der Waals surface area contributed by atoms with Gasteiger partial charge in [-0.2, -0.15) is 8.78 Å². The molecule has 6 nitrogen and oxygen atoms in total. The molecule has 0 unspecified atom stereocenters. The first kappa shape index (κ1) is 18.0. The number of carbonyl (C=O) groups excluding carboxylic acids is 1. The van der Waals surface area contributed by atoms with Crippen LogP contribution in [-0.2, 0) is 4.79 Å². The number of hydrogen-bond donors (Lipinski definition) is 2. The number of carboxylic acids is 1. The normalized spacial score (nSPS) is 16.0. The van der Waals surface area contributed by atoms with Gasteiger partial charge in [0.1, 0.15) is 0 Å². The topological polar surface area (TPSA) is 84.9 Å². The lowest BCUT2D eigenvalue weighted by atomic mass is 9.92. The van der Waals surface area contributed by atoms with E-state index in [1.807, 2.05) is 0 Å².